The van der Waals surface area contributed by atoms with Gasteiger partial charge >= 0.3 is 0 Å². The van der Waals surface area contributed by atoms with Crippen LogP contribution in [-0.4, -0.2) is 86.6 Å². The monoisotopic (exact) mass is 836 g/mol. The standard InChI is InChI=1S/C49H44N10O4/c1-2-44(60)55-21-9-12-35(26-55)27-56-22-19-41-47(56)46(52-32-50-41)37-14-8-15-39(24-37)62-43-16-7-6-13-36(43)17-18-45(61)57-29-38(30-57)59-23-20-42-48(59)49(53-33-51-42)63-40-25-54-58(31-40)28-34-10-4-3-5-11-34/h2-8,10-11,13-20,22-25,31-33,35,38H,1,9,12,21,26-30H2. The number of ether oxygens (including phenoxy) is 2. The Bertz CT molecular complexity index is 2980. The predicted octanol–water partition coefficient (Wildman–Crippen LogP) is 8.19. The zero-order valence-corrected chi connectivity index (χ0v) is 34.5. The minimum Gasteiger partial charge on any atom is -0.457 e. The highest BCUT2D eigenvalue weighted by Crippen LogP contribution is 2.35. The van der Waals surface area contributed by atoms with Crippen molar-refractivity contribution in [3.63, 3.8) is 0 Å². The Kier molecular flexibility index (Phi) is 10.8. The molecule has 5 aromatic heterocycles. The maximum atomic E-state index is 13.5. The highest BCUT2D eigenvalue weighted by molar-refractivity contribution is 5.93. The van der Waals surface area contributed by atoms with E-state index in [0.717, 1.165) is 70.4 Å². The molecule has 63 heavy (non-hydrogen) atoms. The van der Waals surface area contributed by atoms with Gasteiger partial charge < -0.3 is 28.4 Å². The van der Waals surface area contributed by atoms with Gasteiger partial charge in [0.2, 0.25) is 17.7 Å². The number of amides is 2. The summed E-state index contributed by atoms with van der Waals surface area (Å²) in [7, 11) is 0. The van der Waals surface area contributed by atoms with Crippen LogP contribution < -0.4 is 9.47 Å². The van der Waals surface area contributed by atoms with Crippen LogP contribution in [0.5, 0.6) is 23.1 Å². The van der Waals surface area contributed by atoms with E-state index in [9.17, 15) is 9.59 Å². The van der Waals surface area contributed by atoms with Gasteiger partial charge in [-0.15, -0.1) is 0 Å². The molecular formula is C49H44N10O4. The number of para-hydroxylation sites is 1. The minimum absolute atomic E-state index is 0.0216. The second-order valence-electron chi connectivity index (χ2n) is 15.9. The fourth-order valence-corrected chi connectivity index (χ4v) is 8.55. The Morgan fingerprint density at radius 2 is 1.59 bits per heavy atom. The van der Waals surface area contributed by atoms with Crippen molar-refractivity contribution in [3.8, 4) is 34.4 Å². The molecule has 7 heterocycles. The summed E-state index contributed by atoms with van der Waals surface area (Å²) in [5.41, 5.74) is 6.91. The maximum Gasteiger partial charge on any atom is 0.247 e. The van der Waals surface area contributed by atoms with Crippen molar-refractivity contribution in [2.24, 2.45) is 5.92 Å². The first-order valence-electron chi connectivity index (χ1n) is 21.1. The van der Waals surface area contributed by atoms with Gasteiger partial charge in [-0.25, -0.2) is 15.0 Å². The van der Waals surface area contributed by atoms with Gasteiger partial charge in [0.1, 0.15) is 29.7 Å². The van der Waals surface area contributed by atoms with Gasteiger partial charge in [0.15, 0.2) is 5.75 Å². The second-order valence-corrected chi connectivity index (χ2v) is 15.9. The van der Waals surface area contributed by atoms with Crippen LogP contribution in [0.4, 0.5) is 0 Å². The molecule has 3 aromatic carbocycles. The van der Waals surface area contributed by atoms with E-state index in [0.29, 0.717) is 55.2 Å². The molecule has 2 saturated heterocycles. The molecule has 2 aliphatic rings. The Labute approximate surface area is 363 Å². The molecule has 0 N–H and O–H groups in total. The maximum absolute atomic E-state index is 13.5. The number of fused-ring (bicyclic) bond motifs is 2. The number of piperidine rings is 1. The third-order valence-electron chi connectivity index (χ3n) is 11.7. The topological polar surface area (TPSA) is 138 Å². The quantitative estimate of drug-likeness (QED) is 0.105. The summed E-state index contributed by atoms with van der Waals surface area (Å²) in [5.74, 6) is 2.44. The number of hydrogen-bond acceptors (Lipinski definition) is 9. The van der Waals surface area contributed by atoms with Crippen LogP contribution >= 0.6 is 0 Å². The van der Waals surface area contributed by atoms with E-state index in [1.165, 1.54) is 12.4 Å². The minimum atomic E-state index is -0.0953. The van der Waals surface area contributed by atoms with Crippen LogP contribution in [0, 0.1) is 5.92 Å². The SMILES string of the molecule is C=CC(=O)N1CCCC(Cn2ccc3ncnc(-c4cccc(Oc5ccccc5C=CC(=O)N5CC(n6ccc7ncnc(Oc8cnn(Cc9ccccc9)c8)c76)C5)c4)c32)C1. The van der Waals surface area contributed by atoms with Crippen LogP contribution in [0.2, 0.25) is 0 Å². The van der Waals surface area contributed by atoms with Gasteiger partial charge in [-0.05, 0) is 66.8 Å². The van der Waals surface area contributed by atoms with Crippen molar-refractivity contribution in [2.75, 3.05) is 26.2 Å². The van der Waals surface area contributed by atoms with E-state index in [1.807, 2.05) is 101 Å². The number of aromatic nitrogens is 8. The van der Waals surface area contributed by atoms with Crippen LogP contribution in [0.25, 0.3) is 39.4 Å². The number of carbonyl (C=O) groups is 2. The fourth-order valence-electron chi connectivity index (χ4n) is 8.55. The van der Waals surface area contributed by atoms with Gasteiger partial charge in [0, 0.05) is 62.3 Å². The van der Waals surface area contributed by atoms with Crippen molar-refractivity contribution in [3.05, 3.63) is 158 Å². The molecule has 0 bridgehead atoms. The van der Waals surface area contributed by atoms with E-state index < -0.39 is 0 Å². The summed E-state index contributed by atoms with van der Waals surface area (Å²) in [6.07, 6.45) is 17.4. The molecule has 2 fully saturated rings. The number of likely N-dealkylation sites (tertiary alicyclic amines) is 2. The molecule has 0 spiro atoms. The van der Waals surface area contributed by atoms with Crippen molar-refractivity contribution >= 4 is 40.0 Å². The molecule has 0 aliphatic carbocycles. The summed E-state index contributed by atoms with van der Waals surface area (Å²) in [6.45, 7) is 7.54. The molecule has 14 nitrogen and oxygen atoms in total. The van der Waals surface area contributed by atoms with Gasteiger partial charge in [0.25, 0.3) is 0 Å². The highest BCUT2D eigenvalue weighted by Gasteiger charge is 2.32. The molecule has 8 aromatic rings. The zero-order valence-electron chi connectivity index (χ0n) is 34.5. The summed E-state index contributed by atoms with van der Waals surface area (Å²) >= 11 is 0. The lowest BCUT2D eigenvalue weighted by Gasteiger charge is -2.39. The zero-order chi connectivity index (χ0) is 42.7. The molecule has 0 radical (unpaired) electrons. The van der Waals surface area contributed by atoms with Crippen molar-refractivity contribution in [1.29, 1.82) is 0 Å². The van der Waals surface area contributed by atoms with Crippen LogP contribution in [0.15, 0.2) is 147 Å². The lowest BCUT2D eigenvalue weighted by molar-refractivity contribution is -0.131. The largest absolute Gasteiger partial charge is 0.457 e. The normalized spacial score (nSPS) is 15.5. The molecule has 1 atom stereocenters. The van der Waals surface area contributed by atoms with Gasteiger partial charge in [-0.3, -0.25) is 14.3 Å². The third kappa shape index (κ3) is 8.30. The van der Waals surface area contributed by atoms with Crippen LogP contribution in [0.3, 0.4) is 0 Å². The van der Waals surface area contributed by atoms with Gasteiger partial charge in [-0.2, -0.15) is 10.1 Å². The lowest BCUT2D eigenvalue weighted by atomic mass is 9.97. The van der Waals surface area contributed by atoms with E-state index in [-0.39, 0.29) is 17.9 Å². The first-order chi connectivity index (χ1) is 31.0. The van der Waals surface area contributed by atoms with E-state index in [2.05, 4.69) is 54.1 Å². The Hall–Kier alpha value is -7.87. The van der Waals surface area contributed by atoms with Crippen LogP contribution in [0.1, 0.15) is 30.0 Å². The van der Waals surface area contributed by atoms with Crippen molar-refractivity contribution in [1.82, 2.24) is 48.7 Å². The molecule has 2 aliphatic heterocycles. The molecular weight excluding hydrogens is 793 g/mol. The smallest absolute Gasteiger partial charge is 0.247 e. The van der Waals surface area contributed by atoms with E-state index >= 15 is 0 Å². The first-order valence-corrected chi connectivity index (χ1v) is 21.1. The van der Waals surface area contributed by atoms with E-state index in [4.69, 9.17) is 14.5 Å². The summed E-state index contributed by atoms with van der Waals surface area (Å²) < 4.78 is 18.8. The second kappa shape index (κ2) is 17.2. The third-order valence-corrected chi connectivity index (χ3v) is 11.7. The predicted molar refractivity (Wildman–Crippen MR) is 239 cm³/mol. The van der Waals surface area contributed by atoms with Crippen molar-refractivity contribution in [2.45, 2.75) is 32.0 Å². The number of benzene rings is 3. The average Bonchev–Trinajstić information content (AvgIpc) is 4.05. The molecule has 314 valence electrons. The molecule has 14 heteroatoms. The fraction of sp³-hybridized carbons (Fsp3) is 0.204. The number of nitrogens with zero attached hydrogens (tertiary/aromatic N) is 10. The summed E-state index contributed by atoms with van der Waals surface area (Å²) in [4.78, 5) is 47.8. The number of carbonyl (C=O) groups excluding carboxylic acids is 2. The van der Waals surface area contributed by atoms with Gasteiger partial charge in [0.05, 0.1) is 47.2 Å². The highest BCUT2D eigenvalue weighted by atomic mass is 16.5. The first kappa shape index (κ1) is 39.3. The lowest BCUT2D eigenvalue weighted by Crippen LogP contribution is -2.50. The van der Waals surface area contributed by atoms with Crippen molar-refractivity contribution < 1.29 is 19.1 Å². The van der Waals surface area contributed by atoms with Gasteiger partial charge in [-0.1, -0.05) is 67.2 Å². The van der Waals surface area contributed by atoms with Crippen LogP contribution in [-0.2, 0) is 22.7 Å². The molecule has 2 amide bonds. The summed E-state index contributed by atoms with van der Waals surface area (Å²) in [5, 5.41) is 4.47. The molecule has 1 unspecified atom stereocenters. The van der Waals surface area contributed by atoms with E-state index in [1.54, 1.807) is 29.6 Å². The Morgan fingerprint density at radius 1 is 0.778 bits per heavy atom. The number of rotatable bonds is 13. The Morgan fingerprint density at radius 3 is 2.46 bits per heavy atom. The molecule has 10 rings (SSSR count). The Balaban J connectivity index is 0.801. The molecule has 0 saturated carbocycles. The number of hydrogen-bond donors (Lipinski definition) is 0. The average molecular weight is 837 g/mol. The summed E-state index contributed by atoms with van der Waals surface area (Å²) in [6, 6.07) is 29.6.